The van der Waals surface area contributed by atoms with Crippen molar-refractivity contribution in [2.45, 2.75) is 6.54 Å². The molecule has 0 aliphatic heterocycles. The monoisotopic (exact) mass is 218 g/mol. The van der Waals surface area contributed by atoms with Gasteiger partial charge >= 0.3 is 0 Å². The maximum atomic E-state index is 5.31. The molecule has 84 valence electrons. The third-order valence-corrected chi connectivity index (χ3v) is 2.31. The molecular formula is C11H14N4O. The Kier molecular flexibility index (Phi) is 3.07. The van der Waals surface area contributed by atoms with Gasteiger partial charge in [0, 0.05) is 25.0 Å². The van der Waals surface area contributed by atoms with Gasteiger partial charge in [-0.2, -0.15) is 0 Å². The Morgan fingerprint density at radius 1 is 1.50 bits per heavy atom. The lowest BCUT2D eigenvalue weighted by atomic mass is 10.3. The van der Waals surface area contributed by atoms with Crippen LogP contribution in [0.4, 0.5) is 11.5 Å². The van der Waals surface area contributed by atoms with Crippen LogP contribution in [0.3, 0.4) is 0 Å². The van der Waals surface area contributed by atoms with E-state index in [1.54, 1.807) is 12.5 Å². The van der Waals surface area contributed by atoms with Crippen molar-refractivity contribution >= 4 is 11.5 Å². The lowest BCUT2D eigenvalue weighted by molar-refractivity contribution is 0.507. The van der Waals surface area contributed by atoms with Gasteiger partial charge < -0.3 is 14.7 Å². The lowest BCUT2D eigenvalue weighted by Gasteiger charge is -2.18. The van der Waals surface area contributed by atoms with Gasteiger partial charge in [-0.25, -0.2) is 10.8 Å². The molecule has 0 aromatic carbocycles. The standard InChI is InChI=1S/C11H14N4O/c1-15(8-10-3-2-6-16-10)9-4-5-13-11(7-9)14-12/h2-7H,8,12H2,1H3,(H,13,14). The normalized spacial score (nSPS) is 10.1. The quantitative estimate of drug-likeness (QED) is 0.602. The first-order valence-corrected chi connectivity index (χ1v) is 4.96. The molecule has 0 saturated heterocycles. The van der Waals surface area contributed by atoms with Crippen LogP contribution in [0, 0.1) is 0 Å². The minimum absolute atomic E-state index is 0.642. The molecule has 2 rings (SSSR count). The smallest absolute Gasteiger partial charge is 0.141 e. The summed E-state index contributed by atoms with van der Waals surface area (Å²) >= 11 is 0. The van der Waals surface area contributed by atoms with E-state index in [4.69, 9.17) is 10.3 Å². The van der Waals surface area contributed by atoms with Gasteiger partial charge in [0.2, 0.25) is 0 Å². The van der Waals surface area contributed by atoms with Crippen molar-refractivity contribution in [2.75, 3.05) is 17.4 Å². The first-order chi connectivity index (χ1) is 7.79. The van der Waals surface area contributed by atoms with E-state index in [1.165, 1.54) is 0 Å². The summed E-state index contributed by atoms with van der Waals surface area (Å²) in [7, 11) is 1.98. The van der Waals surface area contributed by atoms with E-state index in [0.717, 1.165) is 11.4 Å². The van der Waals surface area contributed by atoms with Crippen molar-refractivity contribution in [1.82, 2.24) is 4.98 Å². The highest BCUT2D eigenvalue weighted by atomic mass is 16.3. The highest BCUT2D eigenvalue weighted by molar-refractivity contribution is 5.52. The minimum atomic E-state index is 0.642. The summed E-state index contributed by atoms with van der Waals surface area (Å²) in [4.78, 5) is 6.11. The molecule has 0 atom stereocenters. The number of nitrogens with one attached hydrogen (secondary N) is 1. The van der Waals surface area contributed by atoms with Crippen LogP contribution in [0.5, 0.6) is 0 Å². The van der Waals surface area contributed by atoms with E-state index < -0.39 is 0 Å². The average molecular weight is 218 g/mol. The molecule has 5 nitrogen and oxygen atoms in total. The van der Waals surface area contributed by atoms with Gasteiger partial charge in [-0.05, 0) is 18.2 Å². The Labute approximate surface area is 93.9 Å². The minimum Gasteiger partial charge on any atom is -0.467 e. The summed E-state index contributed by atoms with van der Waals surface area (Å²) < 4.78 is 5.28. The average Bonchev–Trinajstić information content (AvgIpc) is 2.82. The van der Waals surface area contributed by atoms with Crippen molar-refractivity contribution in [3.63, 3.8) is 0 Å². The number of hydrazine groups is 1. The van der Waals surface area contributed by atoms with Gasteiger partial charge in [0.1, 0.15) is 11.6 Å². The van der Waals surface area contributed by atoms with E-state index in [0.29, 0.717) is 12.4 Å². The number of hydrogen-bond acceptors (Lipinski definition) is 5. The largest absolute Gasteiger partial charge is 0.467 e. The van der Waals surface area contributed by atoms with Crippen LogP contribution in [0.25, 0.3) is 0 Å². The molecule has 2 aromatic rings. The fraction of sp³-hybridized carbons (Fsp3) is 0.182. The molecule has 0 aliphatic rings. The van der Waals surface area contributed by atoms with Gasteiger partial charge in [-0.1, -0.05) is 0 Å². The molecule has 2 aromatic heterocycles. The summed E-state index contributed by atoms with van der Waals surface area (Å²) in [6.45, 7) is 0.709. The predicted octanol–water partition coefficient (Wildman–Crippen LogP) is 1.60. The molecular weight excluding hydrogens is 204 g/mol. The molecule has 0 bridgehead atoms. The van der Waals surface area contributed by atoms with Crippen LogP contribution < -0.4 is 16.2 Å². The number of aromatic nitrogens is 1. The van der Waals surface area contributed by atoms with E-state index in [-0.39, 0.29) is 0 Å². The molecule has 3 N–H and O–H groups in total. The number of nitrogens with two attached hydrogens (primary N) is 1. The first-order valence-electron chi connectivity index (χ1n) is 4.96. The van der Waals surface area contributed by atoms with Crippen LogP contribution >= 0.6 is 0 Å². The number of nitrogens with zero attached hydrogens (tertiary/aromatic N) is 2. The number of furan rings is 1. The zero-order valence-electron chi connectivity index (χ0n) is 9.05. The number of nitrogen functional groups attached to an aromatic ring is 1. The third kappa shape index (κ3) is 2.32. The Bertz CT molecular complexity index is 441. The molecule has 0 radical (unpaired) electrons. The Morgan fingerprint density at radius 2 is 2.38 bits per heavy atom. The lowest BCUT2D eigenvalue weighted by Crippen LogP contribution is -2.17. The topological polar surface area (TPSA) is 67.3 Å². The summed E-state index contributed by atoms with van der Waals surface area (Å²) in [5.41, 5.74) is 3.55. The van der Waals surface area contributed by atoms with Gasteiger partial charge in [0.25, 0.3) is 0 Å². The fourth-order valence-electron chi connectivity index (χ4n) is 1.46. The molecule has 5 heteroatoms. The Hall–Kier alpha value is -2.01. The van der Waals surface area contributed by atoms with Crippen molar-refractivity contribution in [3.05, 3.63) is 42.5 Å². The van der Waals surface area contributed by atoms with Crippen LogP contribution in [0.1, 0.15) is 5.76 Å². The summed E-state index contributed by atoms with van der Waals surface area (Å²) in [5.74, 6) is 6.87. The van der Waals surface area contributed by atoms with Crippen LogP contribution in [-0.2, 0) is 6.54 Å². The van der Waals surface area contributed by atoms with E-state index in [9.17, 15) is 0 Å². The fourth-order valence-corrected chi connectivity index (χ4v) is 1.46. The molecule has 0 saturated carbocycles. The van der Waals surface area contributed by atoms with E-state index in [2.05, 4.69) is 15.3 Å². The molecule has 0 spiro atoms. The molecule has 0 unspecified atom stereocenters. The van der Waals surface area contributed by atoms with Gasteiger partial charge in [0.15, 0.2) is 0 Å². The SMILES string of the molecule is CN(Cc1ccco1)c1ccnc(NN)c1. The van der Waals surface area contributed by atoms with E-state index >= 15 is 0 Å². The van der Waals surface area contributed by atoms with Crippen molar-refractivity contribution < 1.29 is 4.42 Å². The second-order valence-corrected chi connectivity index (χ2v) is 3.48. The zero-order valence-corrected chi connectivity index (χ0v) is 9.05. The van der Waals surface area contributed by atoms with Crippen LogP contribution in [0.15, 0.2) is 41.1 Å². The maximum absolute atomic E-state index is 5.31. The van der Waals surface area contributed by atoms with Crippen molar-refractivity contribution in [2.24, 2.45) is 5.84 Å². The number of rotatable bonds is 4. The second-order valence-electron chi connectivity index (χ2n) is 3.48. The molecule has 2 heterocycles. The summed E-state index contributed by atoms with van der Waals surface area (Å²) in [5, 5.41) is 0. The molecule has 0 amide bonds. The van der Waals surface area contributed by atoms with Crippen LogP contribution in [-0.4, -0.2) is 12.0 Å². The molecule has 0 fully saturated rings. The van der Waals surface area contributed by atoms with Gasteiger partial charge in [0.05, 0.1) is 12.8 Å². The summed E-state index contributed by atoms with van der Waals surface area (Å²) in [6.07, 6.45) is 3.38. The highest BCUT2D eigenvalue weighted by Gasteiger charge is 2.04. The highest BCUT2D eigenvalue weighted by Crippen LogP contribution is 2.17. The number of hydrogen-bond donors (Lipinski definition) is 2. The third-order valence-electron chi connectivity index (χ3n) is 2.31. The molecule has 16 heavy (non-hydrogen) atoms. The predicted molar refractivity (Wildman–Crippen MR) is 62.9 cm³/mol. The van der Waals surface area contributed by atoms with E-state index in [1.807, 2.05) is 31.3 Å². The number of pyridine rings is 1. The van der Waals surface area contributed by atoms with Crippen molar-refractivity contribution in [1.29, 1.82) is 0 Å². The Morgan fingerprint density at radius 3 is 3.06 bits per heavy atom. The van der Waals surface area contributed by atoms with Gasteiger partial charge in [-0.3, -0.25) is 0 Å². The van der Waals surface area contributed by atoms with Crippen LogP contribution in [0.2, 0.25) is 0 Å². The summed E-state index contributed by atoms with van der Waals surface area (Å²) in [6, 6.07) is 7.62. The first kappa shape index (κ1) is 10.5. The maximum Gasteiger partial charge on any atom is 0.141 e. The zero-order chi connectivity index (χ0) is 11.4. The number of anilines is 2. The Balaban J connectivity index is 2.11. The second kappa shape index (κ2) is 4.67. The van der Waals surface area contributed by atoms with Crippen molar-refractivity contribution in [3.8, 4) is 0 Å². The van der Waals surface area contributed by atoms with Gasteiger partial charge in [-0.15, -0.1) is 0 Å². The molecule has 0 aliphatic carbocycles.